The molecule has 0 spiro atoms. The highest BCUT2D eigenvalue weighted by Gasteiger charge is 1.59. The fourth-order valence-electron chi connectivity index (χ4n) is 0. The standard InChI is InChI=1S/C5H8.C4H8.C2H6/c1-4-5(2)3;1-3-4-2;1-2/h4H,1-2H2,3H3;3H,1,4H2,2H3;1-2H3. The van der Waals surface area contributed by atoms with Gasteiger partial charge in [-0.1, -0.05) is 51.7 Å². The molecule has 0 heterocycles. The van der Waals surface area contributed by atoms with Crippen molar-refractivity contribution in [1.29, 1.82) is 0 Å². The predicted molar refractivity (Wildman–Crippen MR) is 56.8 cm³/mol. The molecule has 0 N–H and O–H groups in total. The van der Waals surface area contributed by atoms with Crippen LogP contribution in [0.25, 0.3) is 0 Å². The average molecular weight is 154 g/mol. The molecule has 0 heteroatoms. The lowest BCUT2D eigenvalue weighted by Crippen LogP contribution is -1.50. The molecule has 0 amide bonds. The predicted octanol–water partition coefficient (Wildman–Crippen LogP) is 4.36. The van der Waals surface area contributed by atoms with Crippen LogP contribution in [0.4, 0.5) is 0 Å². The van der Waals surface area contributed by atoms with Gasteiger partial charge in [0, 0.05) is 0 Å². The van der Waals surface area contributed by atoms with Crippen molar-refractivity contribution in [1.82, 2.24) is 0 Å². The lowest BCUT2D eigenvalue weighted by Gasteiger charge is -1.71. The minimum absolute atomic E-state index is 1.02. The van der Waals surface area contributed by atoms with Gasteiger partial charge in [-0.3, -0.25) is 0 Å². The van der Waals surface area contributed by atoms with E-state index in [0.717, 1.165) is 12.0 Å². The van der Waals surface area contributed by atoms with Gasteiger partial charge in [-0.25, -0.2) is 0 Å². The molecule has 0 nitrogen and oxygen atoms in total. The normalized spacial score (nSPS) is 5.82. The lowest BCUT2D eigenvalue weighted by molar-refractivity contribution is 1.23. The Bertz CT molecular complexity index is 88.2. The first kappa shape index (κ1) is 16.7. The number of hydrogen-bond donors (Lipinski definition) is 0. The highest BCUT2D eigenvalue weighted by atomic mass is 13.7. The van der Waals surface area contributed by atoms with Crippen molar-refractivity contribution in [2.45, 2.75) is 34.1 Å². The first-order valence-electron chi connectivity index (χ1n) is 4.07. The summed E-state index contributed by atoms with van der Waals surface area (Å²) in [4.78, 5) is 0. The van der Waals surface area contributed by atoms with Crippen LogP contribution in [-0.2, 0) is 0 Å². The van der Waals surface area contributed by atoms with Crippen LogP contribution in [0.1, 0.15) is 34.1 Å². The summed E-state index contributed by atoms with van der Waals surface area (Å²) in [5, 5.41) is 0. The van der Waals surface area contributed by atoms with Crippen molar-refractivity contribution >= 4 is 0 Å². The minimum atomic E-state index is 1.02. The molecule has 0 saturated carbocycles. The molecule has 0 saturated heterocycles. The first-order valence-corrected chi connectivity index (χ1v) is 4.07. The van der Waals surface area contributed by atoms with E-state index >= 15 is 0 Å². The van der Waals surface area contributed by atoms with Crippen molar-refractivity contribution in [2.75, 3.05) is 0 Å². The van der Waals surface area contributed by atoms with Crippen molar-refractivity contribution < 1.29 is 0 Å². The van der Waals surface area contributed by atoms with E-state index in [4.69, 9.17) is 0 Å². The molecule has 11 heavy (non-hydrogen) atoms. The largest absolute Gasteiger partial charge is 0.103 e. The Morgan fingerprint density at radius 3 is 1.45 bits per heavy atom. The summed E-state index contributed by atoms with van der Waals surface area (Å²) in [6.45, 7) is 18.5. The van der Waals surface area contributed by atoms with E-state index in [1.54, 1.807) is 6.08 Å². The number of hydrogen-bond acceptors (Lipinski definition) is 0. The second-order valence-electron chi connectivity index (χ2n) is 1.75. The van der Waals surface area contributed by atoms with Crippen molar-refractivity contribution in [2.24, 2.45) is 0 Å². The summed E-state index contributed by atoms with van der Waals surface area (Å²) in [7, 11) is 0. The molecule has 0 unspecified atom stereocenters. The molecule has 0 aliphatic carbocycles. The van der Waals surface area contributed by atoms with Crippen LogP contribution in [0.15, 0.2) is 37.5 Å². The molecule has 0 aliphatic rings. The zero-order chi connectivity index (χ0) is 9.70. The topological polar surface area (TPSA) is 0 Å². The van der Waals surface area contributed by atoms with Crippen LogP contribution in [0.3, 0.4) is 0 Å². The van der Waals surface area contributed by atoms with Crippen LogP contribution in [-0.4, -0.2) is 0 Å². The van der Waals surface area contributed by atoms with E-state index < -0.39 is 0 Å². The lowest BCUT2D eigenvalue weighted by atomic mass is 10.4. The van der Waals surface area contributed by atoms with Crippen LogP contribution >= 0.6 is 0 Å². The van der Waals surface area contributed by atoms with Crippen LogP contribution < -0.4 is 0 Å². The third kappa shape index (κ3) is 97.5. The highest BCUT2D eigenvalue weighted by Crippen LogP contribution is 1.81. The Labute approximate surface area is 72.3 Å². The van der Waals surface area contributed by atoms with E-state index in [0.29, 0.717) is 0 Å². The van der Waals surface area contributed by atoms with E-state index in [9.17, 15) is 0 Å². The van der Waals surface area contributed by atoms with Crippen LogP contribution in [0.2, 0.25) is 0 Å². The molecule has 0 rings (SSSR count). The summed E-state index contributed by atoms with van der Waals surface area (Å²) in [5.41, 5.74) is 1.02. The van der Waals surface area contributed by atoms with Gasteiger partial charge in [-0.2, -0.15) is 0 Å². The molecular formula is C11H22. The fraction of sp³-hybridized carbons (Fsp3) is 0.455. The van der Waals surface area contributed by atoms with Crippen LogP contribution in [0, 0.1) is 0 Å². The van der Waals surface area contributed by atoms with Gasteiger partial charge in [0.1, 0.15) is 0 Å². The van der Waals surface area contributed by atoms with Gasteiger partial charge in [0.15, 0.2) is 0 Å². The SMILES string of the molecule is C=CC(=C)C.C=CCC.CC. The summed E-state index contributed by atoms with van der Waals surface area (Å²) >= 11 is 0. The van der Waals surface area contributed by atoms with E-state index in [1.165, 1.54) is 0 Å². The van der Waals surface area contributed by atoms with Gasteiger partial charge in [0.05, 0.1) is 0 Å². The van der Waals surface area contributed by atoms with Gasteiger partial charge in [0.2, 0.25) is 0 Å². The Kier molecular flexibility index (Phi) is 34.6. The maximum atomic E-state index is 3.56. The maximum Gasteiger partial charge on any atom is -0.0382 e. The molecule has 0 aromatic heterocycles. The Balaban J connectivity index is -0.0000000965. The maximum absolute atomic E-state index is 3.56. The fourth-order valence-corrected chi connectivity index (χ4v) is 0. The van der Waals surface area contributed by atoms with Crippen molar-refractivity contribution in [3.05, 3.63) is 37.5 Å². The molecule has 0 fully saturated rings. The van der Waals surface area contributed by atoms with Gasteiger partial charge in [-0.15, -0.1) is 6.58 Å². The summed E-state index contributed by atoms with van der Waals surface area (Å²) in [6, 6.07) is 0. The quantitative estimate of drug-likeness (QED) is 0.409. The Morgan fingerprint density at radius 1 is 1.27 bits per heavy atom. The third-order valence-electron chi connectivity index (χ3n) is 0.637. The van der Waals surface area contributed by atoms with Crippen molar-refractivity contribution in [3.63, 3.8) is 0 Å². The summed E-state index contributed by atoms with van der Waals surface area (Å²) in [5.74, 6) is 0. The zero-order valence-corrected chi connectivity index (χ0v) is 8.48. The Hall–Kier alpha value is -0.780. The monoisotopic (exact) mass is 154 g/mol. The molecule has 0 bridgehead atoms. The molecule has 66 valence electrons. The molecule has 0 radical (unpaired) electrons. The third-order valence-corrected chi connectivity index (χ3v) is 0.637. The van der Waals surface area contributed by atoms with Gasteiger partial charge < -0.3 is 0 Å². The van der Waals surface area contributed by atoms with Gasteiger partial charge in [-0.05, 0) is 13.3 Å². The molecule has 0 aromatic rings. The number of rotatable bonds is 2. The van der Waals surface area contributed by atoms with Gasteiger partial charge in [0.25, 0.3) is 0 Å². The molecule has 0 aromatic carbocycles. The molecular weight excluding hydrogens is 132 g/mol. The van der Waals surface area contributed by atoms with E-state index in [-0.39, 0.29) is 0 Å². The van der Waals surface area contributed by atoms with Crippen LogP contribution in [0.5, 0.6) is 0 Å². The second kappa shape index (κ2) is 22.9. The molecule has 0 aliphatic heterocycles. The average Bonchev–Trinajstić information content (AvgIpc) is 2.08. The highest BCUT2D eigenvalue weighted by molar-refractivity contribution is 5.05. The summed E-state index contributed by atoms with van der Waals surface area (Å²) < 4.78 is 0. The minimum Gasteiger partial charge on any atom is -0.103 e. The van der Waals surface area contributed by atoms with Gasteiger partial charge >= 0.3 is 0 Å². The van der Waals surface area contributed by atoms with E-state index in [1.807, 2.05) is 26.8 Å². The number of allylic oxidation sites excluding steroid dienone is 3. The second-order valence-corrected chi connectivity index (χ2v) is 1.75. The molecule has 0 atom stereocenters. The summed E-state index contributed by atoms with van der Waals surface area (Å²) in [6.07, 6.45) is 4.68. The zero-order valence-electron chi connectivity index (χ0n) is 8.48. The smallest absolute Gasteiger partial charge is 0.0382 e. The van der Waals surface area contributed by atoms with Crippen molar-refractivity contribution in [3.8, 4) is 0 Å². The Morgan fingerprint density at radius 2 is 1.45 bits per heavy atom. The first-order chi connectivity index (χ1) is 5.18. The van der Waals surface area contributed by atoms with E-state index in [2.05, 4.69) is 26.7 Å².